The Balaban J connectivity index is 2.07. The quantitative estimate of drug-likeness (QED) is 0.605. The predicted octanol–water partition coefficient (Wildman–Crippen LogP) is 1.42. The van der Waals surface area contributed by atoms with Crippen LogP contribution in [0.2, 0.25) is 0 Å². The van der Waals surface area contributed by atoms with Crippen LogP contribution in [0.1, 0.15) is 26.7 Å². The van der Waals surface area contributed by atoms with E-state index >= 15 is 0 Å². The minimum absolute atomic E-state index is 0.731. The third-order valence-corrected chi connectivity index (χ3v) is 3.75. The van der Waals surface area contributed by atoms with Crippen LogP contribution in [0.5, 0.6) is 0 Å². The normalized spacial score (nSPS) is 36.9. The fraction of sp³-hybridized carbons (Fsp3) is 1.00. The maximum Gasteiger partial charge on any atom is 0.0220 e. The second kappa shape index (κ2) is 3.58. The van der Waals surface area contributed by atoms with E-state index in [0.29, 0.717) is 0 Å². The highest BCUT2D eigenvalue weighted by Gasteiger charge is 2.33. The Bertz CT molecular complexity index is 179. The van der Waals surface area contributed by atoms with E-state index in [1.807, 2.05) is 0 Å². The van der Waals surface area contributed by atoms with Gasteiger partial charge in [-0.25, -0.2) is 0 Å². The van der Waals surface area contributed by atoms with Crippen LogP contribution in [0.15, 0.2) is 0 Å². The molecule has 3 rings (SSSR count). The lowest BCUT2D eigenvalue weighted by atomic mass is 9.96. The second-order valence-corrected chi connectivity index (χ2v) is 5.08. The van der Waals surface area contributed by atoms with Gasteiger partial charge >= 0.3 is 0 Å². The molecule has 3 heterocycles. The lowest BCUT2D eigenvalue weighted by Gasteiger charge is -2.32. The summed E-state index contributed by atoms with van der Waals surface area (Å²) in [4.78, 5) is 5.22. The van der Waals surface area contributed by atoms with E-state index in [1.165, 1.54) is 32.5 Å². The minimum Gasteiger partial charge on any atom is -0.302 e. The number of likely N-dealkylation sites (N-methyl/N-ethyl adjacent to an activating group) is 1. The highest BCUT2D eigenvalue weighted by molar-refractivity contribution is 4.88. The van der Waals surface area contributed by atoms with Gasteiger partial charge in [-0.2, -0.15) is 0 Å². The van der Waals surface area contributed by atoms with Crippen molar-refractivity contribution in [1.29, 1.82) is 0 Å². The second-order valence-electron chi connectivity index (χ2n) is 5.08. The minimum atomic E-state index is 0.731. The first-order chi connectivity index (χ1) is 6.16. The number of fused-ring (bicyclic) bond motifs is 4. The molecule has 2 bridgehead atoms. The van der Waals surface area contributed by atoms with E-state index < -0.39 is 0 Å². The van der Waals surface area contributed by atoms with E-state index in [0.717, 1.165) is 18.0 Å². The Morgan fingerprint density at radius 3 is 2.46 bits per heavy atom. The van der Waals surface area contributed by atoms with Crippen LogP contribution in [-0.4, -0.2) is 48.6 Å². The molecule has 2 heteroatoms. The summed E-state index contributed by atoms with van der Waals surface area (Å²) in [6.07, 6.45) is 2.88. The molecule has 0 spiro atoms. The first-order valence-corrected chi connectivity index (χ1v) is 5.61. The number of piperidine rings is 1. The molecule has 3 aliphatic rings. The Kier molecular flexibility index (Phi) is 2.61. The molecule has 0 aromatic carbocycles. The fourth-order valence-electron chi connectivity index (χ4n) is 2.77. The molecule has 2 nitrogen and oxygen atoms in total. The van der Waals surface area contributed by atoms with Crippen LogP contribution < -0.4 is 0 Å². The van der Waals surface area contributed by atoms with Crippen molar-refractivity contribution in [3.05, 3.63) is 0 Å². The van der Waals surface area contributed by atoms with Crippen molar-refractivity contribution in [1.82, 2.24) is 9.80 Å². The zero-order valence-electron chi connectivity index (χ0n) is 9.16. The van der Waals surface area contributed by atoms with E-state index in [-0.39, 0.29) is 0 Å². The van der Waals surface area contributed by atoms with Crippen LogP contribution in [0.3, 0.4) is 0 Å². The van der Waals surface area contributed by atoms with Crippen molar-refractivity contribution in [2.45, 2.75) is 38.8 Å². The third-order valence-electron chi connectivity index (χ3n) is 3.75. The Hall–Kier alpha value is -0.0800. The topological polar surface area (TPSA) is 6.48 Å². The Labute approximate surface area is 81.9 Å². The smallest absolute Gasteiger partial charge is 0.0220 e. The highest BCUT2D eigenvalue weighted by atomic mass is 15.3. The summed E-state index contributed by atoms with van der Waals surface area (Å²) in [6.45, 7) is 8.60. The third kappa shape index (κ3) is 1.89. The van der Waals surface area contributed by atoms with Gasteiger partial charge in [-0.3, -0.25) is 4.90 Å². The molecule has 3 saturated heterocycles. The van der Waals surface area contributed by atoms with Gasteiger partial charge in [-0.1, -0.05) is 0 Å². The van der Waals surface area contributed by atoms with Crippen molar-refractivity contribution in [3.63, 3.8) is 0 Å². The van der Waals surface area contributed by atoms with Gasteiger partial charge in [0.2, 0.25) is 0 Å². The Morgan fingerprint density at radius 2 is 1.85 bits per heavy atom. The summed E-state index contributed by atoms with van der Waals surface area (Å²) in [5.41, 5.74) is 0. The first-order valence-electron chi connectivity index (χ1n) is 5.61. The van der Waals surface area contributed by atoms with Crippen molar-refractivity contribution in [2.24, 2.45) is 5.92 Å². The molecular weight excluding hydrogens is 160 g/mol. The van der Waals surface area contributed by atoms with Gasteiger partial charge in [0.05, 0.1) is 0 Å². The van der Waals surface area contributed by atoms with Gasteiger partial charge < -0.3 is 4.90 Å². The maximum absolute atomic E-state index is 2.66. The van der Waals surface area contributed by atoms with Gasteiger partial charge in [0.25, 0.3) is 0 Å². The van der Waals surface area contributed by atoms with Gasteiger partial charge in [0.15, 0.2) is 0 Å². The van der Waals surface area contributed by atoms with Crippen LogP contribution in [0, 0.1) is 5.92 Å². The molecule has 2 atom stereocenters. The van der Waals surface area contributed by atoms with Crippen molar-refractivity contribution in [3.8, 4) is 0 Å². The van der Waals surface area contributed by atoms with E-state index in [9.17, 15) is 0 Å². The molecule has 0 amide bonds. The monoisotopic (exact) mass is 182 g/mol. The molecule has 0 radical (unpaired) electrons. The average Bonchev–Trinajstić information content (AvgIpc) is 2.34. The van der Waals surface area contributed by atoms with Crippen molar-refractivity contribution < 1.29 is 0 Å². The standard InChI is InChI=1S/C11H22N2/c1-9(2)13-7-10-4-5-11(8-13)12(3)6-10/h9-11H,4-8H2,1-3H3. The number of hydrogen-bond acceptors (Lipinski definition) is 2. The predicted molar refractivity (Wildman–Crippen MR) is 55.9 cm³/mol. The largest absolute Gasteiger partial charge is 0.302 e. The van der Waals surface area contributed by atoms with E-state index in [2.05, 4.69) is 30.7 Å². The van der Waals surface area contributed by atoms with Gasteiger partial charge in [-0.05, 0) is 39.7 Å². The summed E-state index contributed by atoms with van der Waals surface area (Å²) in [5.74, 6) is 0.936. The lowest BCUT2D eigenvalue weighted by molar-refractivity contribution is 0.162. The summed E-state index contributed by atoms with van der Waals surface area (Å²) in [5, 5.41) is 0. The van der Waals surface area contributed by atoms with Crippen molar-refractivity contribution >= 4 is 0 Å². The number of hydrogen-bond donors (Lipinski definition) is 0. The fourth-order valence-corrected chi connectivity index (χ4v) is 2.77. The first kappa shape index (κ1) is 9.47. The zero-order chi connectivity index (χ0) is 9.42. The van der Waals surface area contributed by atoms with Gasteiger partial charge in [0, 0.05) is 31.7 Å². The molecule has 0 aliphatic carbocycles. The zero-order valence-corrected chi connectivity index (χ0v) is 9.16. The molecular formula is C11H22N2. The van der Waals surface area contributed by atoms with Crippen LogP contribution >= 0.6 is 0 Å². The summed E-state index contributed by atoms with van der Waals surface area (Å²) >= 11 is 0. The molecule has 3 aliphatic heterocycles. The SMILES string of the molecule is CC(C)N1CC2CCC(C1)N(C)C2. The molecule has 0 saturated carbocycles. The molecule has 13 heavy (non-hydrogen) atoms. The molecule has 3 fully saturated rings. The van der Waals surface area contributed by atoms with Gasteiger partial charge in [0.1, 0.15) is 0 Å². The van der Waals surface area contributed by atoms with Crippen molar-refractivity contribution in [2.75, 3.05) is 26.7 Å². The molecule has 0 N–H and O–H groups in total. The van der Waals surface area contributed by atoms with Crippen LogP contribution in [0.25, 0.3) is 0 Å². The highest BCUT2D eigenvalue weighted by Crippen LogP contribution is 2.27. The maximum atomic E-state index is 2.66. The average molecular weight is 182 g/mol. The van der Waals surface area contributed by atoms with Crippen LogP contribution in [-0.2, 0) is 0 Å². The Morgan fingerprint density at radius 1 is 1.08 bits per heavy atom. The van der Waals surface area contributed by atoms with E-state index in [1.54, 1.807) is 0 Å². The number of rotatable bonds is 1. The molecule has 2 unspecified atom stereocenters. The number of nitrogens with zero attached hydrogens (tertiary/aromatic N) is 2. The van der Waals surface area contributed by atoms with Crippen LogP contribution in [0.4, 0.5) is 0 Å². The summed E-state index contributed by atoms with van der Waals surface area (Å²) < 4.78 is 0. The molecule has 0 aromatic heterocycles. The molecule has 76 valence electrons. The lowest BCUT2D eigenvalue weighted by Crippen LogP contribution is -2.41. The molecule has 0 aromatic rings. The van der Waals surface area contributed by atoms with E-state index in [4.69, 9.17) is 0 Å². The van der Waals surface area contributed by atoms with Gasteiger partial charge in [-0.15, -0.1) is 0 Å². The summed E-state index contributed by atoms with van der Waals surface area (Å²) in [6, 6.07) is 1.57. The summed E-state index contributed by atoms with van der Waals surface area (Å²) in [7, 11) is 2.29.